The van der Waals surface area contributed by atoms with E-state index in [2.05, 4.69) is 5.32 Å². The van der Waals surface area contributed by atoms with Crippen LogP contribution in [0.15, 0.2) is 30.3 Å². The number of hydrogen-bond acceptors (Lipinski definition) is 3. The summed E-state index contributed by atoms with van der Waals surface area (Å²) in [5.74, 6) is 0.100. The molecule has 1 aromatic rings. The summed E-state index contributed by atoms with van der Waals surface area (Å²) in [5, 5.41) is 12.2. The smallest absolute Gasteiger partial charge is 0.249 e. The summed E-state index contributed by atoms with van der Waals surface area (Å²) in [5.41, 5.74) is 0.902. The van der Waals surface area contributed by atoms with Crippen molar-refractivity contribution < 1.29 is 14.6 Å². The van der Waals surface area contributed by atoms with Crippen LogP contribution in [0.1, 0.15) is 24.9 Å². The highest BCUT2D eigenvalue weighted by Gasteiger charge is 2.31. The van der Waals surface area contributed by atoms with Crippen LogP contribution in [-0.2, 0) is 9.53 Å². The molecular weight excluding hydrogens is 230 g/mol. The lowest BCUT2D eigenvalue weighted by molar-refractivity contribution is -0.132. The Labute approximate surface area is 107 Å². The normalized spacial score (nSPS) is 24.8. The fourth-order valence-electron chi connectivity index (χ4n) is 2.20. The fourth-order valence-corrected chi connectivity index (χ4v) is 2.20. The monoisotopic (exact) mass is 249 g/mol. The number of amides is 1. The average Bonchev–Trinajstić information content (AvgIpc) is 2.83. The van der Waals surface area contributed by atoms with Crippen molar-refractivity contribution in [2.24, 2.45) is 5.92 Å². The van der Waals surface area contributed by atoms with E-state index < -0.39 is 0 Å². The molecule has 1 amide bonds. The van der Waals surface area contributed by atoms with Crippen molar-refractivity contribution in [1.82, 2.24) is 5.32 Å². The third-order valence-electron chi connectivity index (χ3n) is 3.35. The zero-order valence-corrected chi connectivity index (χ0v) is 10.5. The lowest BCUT2D eigenvalue weighted by atomic mass is 10.0. The van der Waals surface area contributed by atoms with Crippen LogP contribution in [0.4, 0.5) is 0 Å². The van der Waals surface area contributed by atoms with Crippen molar-refractivity contribution in [1.29, 1.82) is 0 Å². The first-order chi connectivity index (χ1) is 8.72. The summed E-state index contributed by atoms with van der Waals surface area (Å²) in [6.45, 7) is 2.53. The predicted octanol–water partition coefficient (Wildman–Crippen LogP) is 1.26. The molecule has 1 fully saturated rings. The molecule has 98 valence electrons. The Kier molecular flexibility index (Phi) is 4.33. The molecule has 3 atom stereocenters. The number of rotatable bonds is 4. The van der Waals surface area contributed by atoms with E-state index in [1.807, 2.05) is 37.3 Å². The number of carbonyl (C=O) groups excluding carboxylic acids is 1. The van der Waals surface area contributed by atoms with Gasteiger partial charge in [0.25, 0.3) is 0 Å². The van der Waals surface area contributed by atoms with Crippen molar-refractivity contribution >= 4 is 5.91 Å². The van der Waals surface area contributed by atoms with Crippen molar-refractivity contribution in [3.8, 4) is 0 Å². The van der Waals surface area contributed by atoms with Crippen molar-refractivity contribution in [3.05, 3.63) is 35.9 Å². The topological polar surface area (TPSA) is 58.6 Å². The summed E-state index contributed by atoms with van der Waals surface area (Å²) >= 11 is 0. The van der Waals surface area contributed by atoms with Gasteiger partial charge in [-0.3, -0.25) is 4.79 Å². The maximum atomic E-state index is 12.1. The third kappa shape index (κ3) is 2.89. The molecule has 18 heavy (non-hydrogen) atoms. The second-order valence-electron chi connectivity index (χ2n) is 4.71. The fraction of sp³-hybridized carbons (Fsp3) is 0.500. The minimum absolute atomic E-state index is 0.114. The van der Waals surface area contributed by atoms with E-state index in [4.69, 9.17) is 4.74 Å². The van der Waals surface area contributed by atoms with E-state index >= 15 is 0 Å². The van der Waals surface area contributed by atoms with E-state index in [0.717, 1.165) is 12.0 Å². The highest BCUT2D eigenvalue weighted by atomic mass is 16.5. The van der Waals surface area contributed by atoms with E-state index in [1.54, 1.807) is 0 Å². The van der Waals surface area contributed by atoms with Crippen LogP contribution >= 0.6 is 0 Å². The summed E-state index contributed by atoms with van der Waals surface area (Å²) in [6.07, 6.45) is 0.524. The van der Waals surface area contributed by atoms with Gasteiger partial charge in [0, 0.05) is 6.61 Å². The number of nitrogens with one attached hydrogen (secondary N) is 1. The van der Waals surface area contributed by atoms with E-state index in [0.29, 0.717) is 6.61 Å². The van der Waals surface area contributed by atoms with Gasteiger partial charge in [-0.15, -0.1) is 0 Å². The largest absolute Gasteiger partial charge is 0.394 e. The number of carbonyl (C=O) groups is 1. The van der Waals surface area contributed by atoms with E-state index in [-0.39, 0.29) is 30.6 Å². The molecule has 0 bridgehead atoms. The third-order valence-corrected chi connectivity index (χ3v) is 3.35. The Hall–Kier alpha value is -1.39. The molecule has 1 aliphatic heterocycles. The molecule has 1 aliphatic rings. The summed E-state index contributed by atoms with van der Waals surface area (Å²) in [4.78, 5) is 12.1. The highest BCUT2D eigenvalue weighted by Crippen LogP contribution is 2.21. The molecule has 4 heteroatoms. The first kappa shape index (κ1) is 13.1. The minimum Gasteiger partial charge on any atom is -0.394 e. The maximum Gasteiger partial charge on any atom is 0.249 e. The molecule has 3 unspecified atom stereocenters. The number of benzene rings is 1. The lowest BCUT2D eigenvalue weighted by Gasteiger charge is -2.20. The molecule has 1 heterocycles. The predicted molar refractivity (Wildman–Crippen MR) is 67.9 cm³/mol. The van der Waals surface area contributed by atoms with Crippen LogP contribution in [0.3, 0.4) is 0 Å². The average molecular weight is 249 g/mol. The number of aliphatic hydroxyl groups excluding tert-OH is 1. The van der Waals surface area contributed by atoms with E-state index in [1.165, 1.54) is 0 Å². The maximum absolute atomic E-state index is 12.1. The van der Waals surface area contributed by atoms with E-state index in [9.17, 15) is 9.90 Å². The Bertz CT molecular complexity index is 393. The Morgan fingerprint density at radius 3 is 2.78 bits per heavy atom. The van der Waals surface area contributed by atoms with Crippen LogP contribution < -0.4 is 5.32 Å². The quantitative estimate of drug-likeness (QED) is 0.844. The molecule has 0 aliphatic carbocycles. The SMILES string of the molecule is CC1CCOC1C(=O)NC(CO)c1ccccc1. The molecule has 2 N–H and O–H groups in total. The van der Waals surface area contributed by atoms with Gasteiger partial charge in [-0.2, -0.15) is 0 Å². The molecule has 4 nitrogen and oxygen atoms in total. The second kappa shape index (κ2) is 5.98. The Morgan fingerprint density at radius 2 is 2.22 bits per heavy atom. The molecule has 2 rings (SSSR count). The molecule has 1 aromatic carbocycles. The highest BCUT2D eigenvalue weighted by molar-refractivity contribution is 5.81. The van der Waals surface area contributed by atoms with Crippen LogP contribution in [-0.4, -0.2) is 30.3 Å². The zero-order valence-electron chi connectivity index (χ0n) is 10.5. The number of ether oxygens (including phenoxy) is 1. The lowest BCUT2D eigenvalue weighted by Crippen LogP contribution is -2.40. The van der Waals surface area contributed by atoms with Gasteiger partial charge >= 0.3 is 0 Å². The van der Waals surface area contributed by atoms with Gasteiger partial charge < -0.3 is 15.2 Å². The van der Waals surface area contributed by atoms with Crippen LogP contribution in [0.2, 0.25) is 0 Å². The summed E-state index contributed by atoms with van der Waals surface area (Å²) in [7, 11) is 0. The van der Waals surface area contributed by atoms with Crippen LogP contribution in [0, 0.1) is 5.92 Å². The molecule has 0 radical (unpaired) electrons. The van der Waals surface area contributed by atoms with Crippen molar-refractivity contribution in [2.75, 3.05) is 13.2 Å². The summed E-state index contributed by atoms with van der Waals surface area (Å²) < 4.78 is 5.41. The molecule has 0 saturated carbocycles. The first-order valence-electron chi connectivity index (χ1n) is 6.30. The molecule has 0 spiro atoms. The van der Waals surface area contributed by atoms with Gasteiger partial charge in [0.05, 0.1) is 12.6 Å². The van der Waals surface area contributed by atoms with Gasteiger partial charge in [-0.25, -0.2) is 0 Å². The van der Waals surface area contributed by atoms with Crippen LogP contribution in [0.25, 0.3) is 0 Å². The van der Waals surface area contributed by atoms with Crippen molar-refractivity contribution in [3.63, 3.8) is 0 Å². The van der Waals surface area contributed by atoms with Gasteiger partial charge in [0.2, 0.25) is 5.91 Å². The second-order valence-corrected chi connectivity index (χ2v) is 4.71. The number of hydrogen-bond donors (Lipinski definition) is 2. The first-order valence-corrected chi connectivity index (χ1v) is 6.30. The van der Waals surface area contributed by atoms with Gasteiger partial charge in [-0.05, 0) is 17.9 Å². The minimum atomic E-state index is -0.386. The van der Waals surface area contributed by atoms with Gasteiger partial charge in [0.15, 0.2) is 0 Å². The number of aliphatic hydroxyl groups is 1. The molecule has 0 aromatic heterocycles. The molecular formula is C14H19NO3. The van der Waals surface area contributed by atoms with Crippen LogP contribution in [0.5, 0.6) is 0 Å². The Morgan fingerprint density at radius 1 is 1.50 bits per heavy atom. The van der Waals surface area contributed by atoms with Crippen molar-refractivity contribution in [2.45, 2.75) is 25.5 Å². The summed E-state index contributed by atoms with van der Waals surface area (Å²) in [6, 6.07) is 9.09. The standard InChI is InChI=1S/C14H19NO3/c1-10-7-8-18-13(10)14(17)15-12(9-16)11-5-3-2-4-6-11/h2-6,10,12-13,16H,7-9H2,1H3,(H,15,17). The Balaban J connectivity index is 2.00. The van der Waals surface area contributed by atoms with Gasteiger partial charge in [-0.1, -0.05) is 37.3 Å². The van der Waals surface area contributed by atoms with Gasteiger partial charge in [0.1, 0.15) is 6.10 Å². The zero-order chi connectivity index (χ0) is 13.0. The molecule has 1 saturated heterocycles.